The topological polar surface area (TPSA) is 123 Å². The predicted molar refractivity (Wildman–Crippen MR) is 67.7 cm³/mol. The van der Waals surface area contributed by atoms with E-state index in [-0.39, 0.29) is 11.6 Å². The van der Waals surface area contributed by atoms with E-state index in [4.69, 9.17) is 5.11 Å². The predicted octanol–water partition coefficient (Wildman–Crippen LogP) is -0.0448. The molecule has 2 aromatic rings. The molecule has 0 radical (unpaired) electrons. The Morgan fingerprint density at radius 2 is 2.25 bits per heavy atom. The van der Waals surface area contributed by atoms with Crippen LogP contribution in [0, 0.1) is 0 Å². The monoisotopic (exact) mass is 274 g/mol. The van der Waals surface area contributed by atoms with Crippen LogP contribution in [0.15, 0.2) is 24.4 Å². The van der Waals surface area contributed by atoms with Crippen molar-refractivity contribution < 1.29 is 14.7 Å². The van der Waals surface area contributed by atoms with Crippen molar-refractivity contribution in [2.24, 2.45) is 7.05 Å². The van der Waals surface area contributed by atoms with Gasteiger partial charge in [-0.1, -0.05) is 11.2 Å². The van der Waals surface area contributed by atoms with Gasteiger partial charge in [0.2, 0.25) is 0 Å². The number of anilines is 1. The van der Waals surface area contributed by atoms with Crippen LogP contribution in [0.25, 0.3) is 6.08 Å². The fourth-order valence-corrected chi connectivity index (χ4v) is 1.40. The lowest BCUT2D eigenvalue weighted by Gasteiger charge is -2.03. The van der Waals surface area contributed by atoms with Gasteiger partial charge in [0, 0.05) is 17.8 Å². The highest BCUT2D eigenvalue weighted by Gasteiger charge is 2.13. The average Bonchev–Trinajstić information content (AvgIpc) is 2.82. The van der Waals surface area contributed by atoms with Gasteiger partial charge in [-0.2, -0.15) is 4.80 Å². The van der Waals surface area contributed by atoms with E-state index >= 15 is 0 Å². The highest BCUT2D eigenvalue weighted by Crippen LogP contribution is 2.09. The molecule has 0 unspecified atom stereocenters. The molecule has 0 atom stereocenters. The molecule has 9 heteroatoms. The molecule has 2 heterocycles. The van der Waals surface area contributed by atoms with Crippen LogP contribution in [0.3, 0.4) is 0 Å². The van der Waals surface area contributed by atoms with E-state index in [9.17, 15) is 9.59 Å². The molecule has 0 saturated heterocycles. The molecule has 0 aliphatic carbocycles. The summed E-state index contributed by atoms with van der Waals surface area (Å²) in [5.41, 5.74) is 0.439. The van der Waals surface area contributed by atoms with E-state index in [1.54, 1.807) is 19.2 Å². The number of nitrogens with zero attached hydrogens (tertiary/aromatic N) is 5. The van der Waals surface area contributed by atoms with Gasteiger partial charge in [0.1, 0.15) is 5.69 Å². The van der Waals surface area contributed by atoms with Crippen molar-refractivity contribution in [2.75, 3.05) is 5.32 Å². The fraction of sp³-hybridized carbons (Fsp3) is 0.0909. The molecule has 0 aliphatic rings. The van der Waals surface area contributed by atoms with E-state index in [0.29, 0.717) is 5.56 Å². The lowest BCUT2D eigenvalue weighted by atomic mass is 10.1. The Bertz CT molecular complexity index is 678. The van der Waals surface area contributed by atoms with Crippen molar-refractivity contribution >= 4 is 23.9 Å². The number of rotatable bonds is 4. The van der Waals surface area contributed by atoms with Crippen LogP contribution in [0.2, 0.25) is 0 Å². The number of tetrazole rings is 1. The summed E-state index contributed by atoms with van der Waals surface area (Å²) in [6.07, 6.45) is 3.64. The first kappa shape index (κ1) is 13.3. The number of carboxylic acid groups (broad SMARTS) is 1. The van der Waals surface area contributed by atoms with Crippen LogP contribution in [0.4, 0.5) is 5.95 Å². The van der Waals surface area contributed by atoms with E-state index < -0.39 is 11.9 Å². The summed E-state index contributed by atoms with van der Waals surface area (Å²) in [6, 6.07) is 3.17. The highest BCUT2D eigenvalue weighted by molar-refractivity contribution is 6.04. The van der Waals surface area contributed by atoms with E-state index in [0.717, 1.165) is 6.08 Å². The smallest absolute Gasteiger partial charge is 0.328 e. The Balaban J connectivity index is 2.23. The number of amides is 1. The SMILES string of the molecule is Cn1nnc(NC(=O)c2ncccc2/C=C/C(=O)O)n1. The molecule has 9 nitrogen and oxygen atoms in total. The highest BCUT2D eigenvalue weighted by atomic mass is 16.4. The molecule has 0 aromatic carbocycles. The molecule has 0 bridgehead atoms. The van der Waals surface area contributed by atoms with E-state index in [2.05, 4.69) is 25.7 Å². The Morgan fingerprint density at radius 1 is 1.45 bits per heavy atom. The summed E-state index contributed by atoms with van der Waals surface area (Å²) in [5.74, 6) is -1.63. The molecule has 1 amide bonds. The lowest BCUT2D eigenvalue weighted by molar-refractivity contribution is -0.131. The number of carboxylic acids is 1. The summed E-state index contributed by atoms with van der Waals surface area (Å²) in [5, 5.41) is 22.0. The number of hydrogen-bond acceptors (Lipinski definition) is 6. The normalized spacial score (nSPS) is 10.7. The van der Waals surface area contributed by atoms with Gasteiger partial charge in [0.15, 0.2) is 0 Å². The molecule has 0 fully saturated rings. The molecule has 2 rings (SSSR count). The Kier molecular flexibility index (Phi) is 3.80. The van der Waals surface area contributed by atoms with Gasteiger partial charge in [0.05, 0.1) is 7.05 Å². The van der Waals surface area contributed by atoms with E-state index in [1.807, 2.05) is 0 Å². The third-order valence-corrected chi connectivity index (χ3v) is 2.19. The average molecular weight is 274 g/mol. The van der Waals surface area contributed by atoms with Crippen LogP contribution in [0.5, 0.6) is 0 Å². The second-order valence-corrected chi connectivity index (χ2v) is 3.67. The lowest BCUT2D eigenvalue weighted by Crippen LogP contribution is -2.16. The van der Waals surface area contributed by atoms with Crippen molar-refractivity contribution in [3.63, 3.8) is 0 Å². The largest absolute Gasteiger partial charge is 0.478 e. The molecule has 20 heavy (non-hydrogen) atoms. The van der Waals surface area contributed by atoms with Gasteiger partial charge in [-0.05, 0) is 17.4 Å². The molecule has 0 aliphatic heterocycles. The van der Waals surface area contributed by atoms with Gasteiger partial charge in [-0.3, -0.25) is 15.1 Å². The van der Waals surface area contributed by atoms with Crippen molar-refractivity contribution in [2.45, 2.75) is 0 Å². The maximum Gasteiger partial charge on any atom is 0.328 e. The third kappa shape index (κ3) is 3.22. The summed E-state index contributed by atoms with van der Waals surface area (Å²) in [6.45, 7) is 0. The molecular weight excluding hydrogens is 264 g/mol. The first-order valence-electron chi connectivity index (χ1n) is 5.47. The second kappa shape index (κ2) is 5.69. The zero-order valence-corrected chi connectivity index (χ0v) is 10.4. The van der Waals surface area contributed by atoms with Crippen LogP contribution in [0.1, 0.15) is 16.1 Å². The minimum atomic E-state index is -1.11. The Hall–Kier alpha value is -3.10. The number of aryl methyl sites for hydroxylation is 1. The van der Waals surface area contributed by atoms with Crippen LogP contribution >= 0.6 is 0 Å². The molecular formula is C11H10N6O3. The van der Waals surface area contributed by atoms with Gasteiger partial charge < -0.3 is 5.11 Å². The summed E-state index contributed by atoms with van der Waals surface area (Å²) >= 11 is 0. The van der Waals surface area contributed by atoms with Crippen LogP contribution in [-0.4, -0.2) is 42.2 Å². The molecule has 2 aromatic heterocycles. The van der Waals surface area contributed by atoms with Crippen molar-refractivity contribution in [1.29, 1.82) is 0 Å². The van der Waals surface area contributed by atoms with Crippen molar-refractivity contribution in [3.8, 4) is 0 Å². The van der Waals surface area contributed by atoms with E-state index in [1.165, 1.54) is 17.1 Å². The molecule has 102 valence electrons. The number of nitrogens with one attached hydrogen (secondary N) is 1. The fourth-order valence-electron chi connectivity index (χ4n) is 1.40. The van der Waals surface area contributed by atoms with Gasteiger partial charge in [-0.25, -0.2) is 4.79 Å². The van der Waals surface area contributed by atoms with Crippen molar-refractivity contribution in [1.82, 2.24) is 25.2 Å². The summed E-state index contributed by atoms with van der Waals surface area (Å²) in [4.78, 5) is 27.6. The first-order valence-corrected chi connectivity index (χ1v) is 5.47. The maximum atomic E-state index is 12.0. The number of carbonyl (C=O) groups excluding carboxylic acids is 1. The zero-order valence-electron chi connectivity index (χ0n) is 10.4. The first-order chi connectivity index (χ1) is 9.56. The maximum absolute atomic E-state index is 12.0. The zero-order chi connectivity index (χ0) is 14.5. The number of aromatic nitrogens is 5. The standard InChI is InChI=1S/C11H10N6O3/c1-17-15-11(14-16-17)13-10(20)9-7(3-2-6-12-9)4-5-8(18)19/h2-6H,1H3,(H,18,19)(H,13,15,20)/b5-4+. The molecule has 0 spiro atoms. The quantitative estimate of drug-likeness (QED) is 0.749. The minimum absolute atomic E-state index is 0.0383. The number of aliphatic carboxylic acids is 1. The summed E-state index contributed by atoms with van der Waals surface area (Å²) in [7, 11) is 1.56. The van der Waals surface area contributed by atoms with Crippen LogP contribution < -0.4 is 5.32 Å². The summed E-state index contributed by atoms with van der Waals surface area (Å²) < 4.78 is 0. The Labute approximate surface area is 112 Å². The Morgan fingerprint density at radius 3 is 2.90 bits per heavy atom. The van der Waals surface area contributed by atoms with Crippen LogP contribution in [-0.2, 0) is 11.8 Å². The number of hydrogen-bond donors (Lipinski definition) is 2. The van der Waals surface area contributed by atoms with Gasteiger partial charge >= 0.3 is 5.97 Å². The number of pyridine rings is 1. The van der Waals surface area contributed by atoms with Gasteiger partial charge in [-0.15, -0.1) is 5.10 Å². The third-order valence-electron chi connectivity index (χ3n) is 2.19. The van der Waals surface area contributed by atoms with Crippen molar-refractivity contribution in [3.05, 3.63) is 35.7 Å². The second-order valence-electron chi connectivity index (χ2n) is 3.67. The van der Waals surface area contributed by atoms with Gasteiger partial charge in [0.25, 0.3) is 11.9 Å². The molecule has 0 saturated carbocycles. The molecule has 2 N–H and O–H groups in total. The number of carbonyl (C=O) groups is 2. The minimum Gasteiger partial charge on any atom is -0.478 e.